The van der Waals surface area contributed by atoms with Crippen LogP contribution in [-0.2, 0) is 4.74 Å². The first-order valence-corrected chi connectivity index (χ1v) is 6.87. The lowest BCUT2D eigenvalue weighted by Gasteiger charge is -2.23. The number of para-hydroxylation sites is 1. The average molecular weight is 265 g/mol. The van der Waals surface area contributed by atoms with Gasteiger partial charge in [0.15, 0.2) is 0 Å². The van der Waals surface area contributed by atoms with E-state index < -0.39 is 5.60 Å². The summed E-state index contributed by atoms with van der Waals surface area (Å²) in [4.78, 5) is 0. The molecule has 1 aliphatic carbocycles. The fourth-order valence-corrected chi connectivity index (χ4v) is 1.73. The van der Waals surface area contributed by atoms with Crippen LogP contribution in [0.2, 0.25) is 0 Å². The standard InChI is InChI=1S/C15H23NO3/c1-15(17,11-16-13-7-8-13)12-18-9-10-19-14-5-3-2-4-6-14/h2-6,13,16-17H,7-12H2,1H3. The van der Waals surface area contributed by atoms with E-state index in [1.807, 2.05) is 30.3 Å². The first kappa shape index (κ1) is 14.3. The van der Waals surface area contributed by atoms with E-state index in [2.05, 4.69) is 5.32 Å². The molecule has 1 aromatic carbocycles. The molecule has 0 aromatic heterocycles. The molecule has 0 amide bonds. The molecule has 0 aliphatic heterocycles. The molecule has 2 rings (SSSR count). The van der Waals surface area contributed by atoms with Gasteiger partial charge in [0.25, 0.3) is 0 Å². The summed E-state index contributed by atoms with van der Waals surface area (Å²) >= 11 is 0. The Morgan fingerprint density at radius 1 is 1.26 bits per heavy atom. The predicted octanol–water partition coefficient (Wildman–Crippen LogP) is 1.58. The minimum Gasteiger partial charge on any atom is -0.491 e. The molecular formula is C15H23NO3. The summed E-state index contributed by atoms with van der Waals surface area (Å²) in [5, 5.41) is 13.4. The van der Waals surface area contributed by atoms with E-state index in [1.54, 1.807) is 6.92 Å². The second-order valence-corrected chi connectivity index (χ2v) is 5.37. The fourth-order valence-electron chi connectivity index (χ4n) is 1.73. The van der Waals surface area contributed by atoms with Crippen LogP contribution in [0.5, 0.6) is 5.75 Å². The van der Waals surface area contributed by atoms with Gasteiger partial charge in [0.1, 0.15) is 12.4 Å². The Bertz CT molecular complexity index is 363. The Morgan fingerprint density at radius 3 is 2.68 bits per heavy atom. The second kappa shape index (κ2) is 6.89. The van der Waals surface area contributed by atoms with E-state index in [-0.39, 0.29) is 0 Å². The molecule has 1 unspecified atom stereocenters. The van der Waals surface area contributed by atoms with Crippen LogP contribution in [0.15, 0.2) is 30.3 Å². The van der Waals surface area contributed by atoms with Crippen LogP contribution in [-0.4, -0.2) is 43.1 Å². The first-order chi connectivity index (χ1) is 9.16. The third-order valence-electron chi connectivity index (χ3n) is 3.00. The third kappa shape index (κ3) is 6.05. The molecule has 0 bridgehead atoms. The number of benzene rings is 1. The van der Waals surface area contributed by atoms with Gasteiger partial charge in [0.2, 0.25) is 0 Å². The molecule has 19 heavy (non-hydrogen) atoms. The van der Waals surface area contributed by atoms with Gasteiger partial charge in [-0.2, -0.15) is 0 Å². The monoisotopic (exact) mass is 265 g/mol. The van der Waals surface area contributed by atoms with Crippen LogP contribution in [0.25, 0.3) is 0 Å². The Labute approximate surface area is 114 Å². The molecule has 0 heterocycles. The van der Waals surface area contributed by atoms with Gasteiger partial charge in [-0.15, -0.1) is 0 Å². The van der Waals surface area contributed by atoms with Crippen molar-refractivity contribution >= 4 is 0 Å². The topological polar surface area (TPSA) is 50.7 Å². The normalized spacial score (nSPS) is 18.0. The maximum absolute atomic E-state index is 10.1. The van der Waals surface area contributed by atoms with Gasteiger partial charge in [0, 0.05) is 12.6 Å². The van der Waals surface area contributed by atoms with Crippen LogP contribution in [0.4, 0.5) is 0 Å². The molecule has 4 heteroatoms. The first-order valence-electron chi connectivity index (χ1n) is 6.87. The van der Waals surface area contributed by atoms with Gasteiger partial charge in [-0.05, 0) is 31.9 Å². The van der Waals surface area contributed by atoms with Crippen LogP contribution >= 0.6 is 0 Å². The van der Waals surface area contributed by atoms with Crippen molar-refractivity contribution in [3.63, 3.8) is 0 Å². The quantitative estimate of drug-likeness (QED) is 0.666. The molecule has 0 saturated heterocycles. The lowest BCUT2D eigenvalue weighted by molar-refractivity contribution is -0.0379. The SMILES string of the molecule is CC(O)(CNC1CC1)COCCOc1ccccc1. The highest BCUT2D eigenvalue weighted by Gasteiger charge is 2.26. The Hall–Kier alpha value is -1.10. The van der Waals surface area contributed by atoms with E-state index in [0.717, 1.165) is 5.75 Å². The van der Waals surface area contributed by atoms with Gasteiger partial charge in [-0.3, -0.25) is 0 Å². The molecule has 0 radical (unpaired) electrons. The van der Waals surface area contributed by atoms with Gasteiger partial charge in [-0.25, -0.2) is 0 Å². The number of aliphatic hydroxyl groups is 1. The fraction of sp³-hybridized carbons (Fsp3) is 0.600. The largest absolute Gasteiger partial charge is 0.491 e. The maximum Gasteiger partial charge on any atom is 0.119 e. The summed E-state index contributed by atoms with van der Waals surface area (Å²) in [6.45, 7) is 3.67. The Kier molecular flexibility index (Phi) is 5.19. The van der Waals surface area contributed by atoms with Crippen LogP contribution < -0.4 is 10.1 Å². The number of hydrogen-bond acceptors (Lipinski definition) is 4. The highest BCUT2D eigenvalue weighted by molar-refractivity contribution is 5.20. The van der Waals surface area contributed by atoms with Crippen LogP contribution in [0.1, 0.15) is 19.8 Å². The molecule has 106 valence electrons. The second-order valence-electron chi connectivity index (χ2n) is 5.37. The smallest absolute Gasteiger partial charge is 0.119 e. The molecule has 1 aliphatic rings. The zero-order valence-electron chi connectivity index (χ0n) is 11.5. The number of hydrogen-bond donors (Lipinski definition) is 2. The van der Waals surface area contributed by atoms with Gasteiger partial charge < -0.3 is 19.9 Å². The third-order valence-corrected chi connectivity index (χ3v) is 3.00. The number of ether oxygens (including phenoxy) is 2. The summed E-state index contributed by atoms with van der Waals surface area (Å²) in [6, 6.07) is 10.3. The minimum atomic E-state index is -0.810. The molecule has 2 N–H and O–H groups in total. The lowest BCUT2D eigenvalue weighted by Crippen LogP contribution is -2.42. The van der Waals surface area contributed by atoms with Crippen molar-refractivity contribution in [2.45, 2.75) is 31.4 Å². The zero-order valence-corrected chi connectivity index (χ0v) is 11.5. The molecule has 4 nitrogen and oxygen atoms in total. The van der Waals surface area contributed by atoms with Crippen molar-refractivity contribution in [1.29, 1.82) is 0 Å². The molecule has 1 saturated carbocycles. The van der Waals surface area contributed by atoms with E-state index in [1.165, 1.54) is 12.8 Å². The Morgan fingerprint density at radius 2 is 2.00 bits per heavy atom. The zero-order chi connectivity index (χ0) is 13.6. The highest BCUT2D eigenvalue weighted by atomic mass is 16.5. The average Bonchev–Trinajstić information content (AvgIpc) is 3.21. The van der Waals surface area contributed by atoms with E-state index in [9.17, 15) is 5.11 Å². The van der Waals surface area contributed by atoms with Crippen LogP contribution in [0.3, 0.4) is 0 Å². The summed E-state index contributed by atoms with van der Waals surface area (Å²) in [6.07, 6.45) is 2.45. The highest BCUT2D eigenvalue weighted by Crippen LogP contribution is 2.19. The van der Waals surface area contributed by atoms with E-state index >= 15 is 0 Å². The molecule has 1 fully saturated rings. The van der Waals surface area contributed by atoms with Crippen molar-refractivity contribution in [3.05, 3.63) is 30.3 Å². The molecule has 1 atom stereocenters. The molecule has 0 spiro atoms. The lowest BCUT2D eigenvalue weighted by atomic mass is 10.1. The van der Waals surface area contributed by atoms with Crippen LogP contribution in [0, 0.1) is 0 Å². The van der Waals surface area contributed by atoms with E-state index in [0.29, 0.717) is 32.4 Å². The van der Waals surface area contributed by atoms with Crippen molar-refractivity contribution in [1.82, 2.24) is 5.32 Å². The summed E-state index contributed by atoms with van der Waals surface area (Å²) < 4.78 is 11.0. The minimum absolute atomic E-state index is 0.324. The van der Waals surface area contributed by atoms with Crippen molar-refractivity contribution in [2.24, 2.45) is 0 Å². The van der Waals surface area contributed by atoms with Gasteiger partial charge in [-0.1, -0.05) is 18.2 Å². The summed E-state index contributed by atoms with van der Waals surface area (Å²) in [7, 11) is 0. The summed E-state index contributed by atoms with van der Waals surface area (Å²) in [5.74, 6) is 0.841. The van der Waals surface area contributed by atoms with Crippen molar-refractivity contribution in [3.8, 4) is 5.75 Å². The number of rotatable bonds is 9. The summed E-state index contributed by atoms with van der Waals surface area (Å²) in [5.41, 5.74) is -0.810. The predicted molar refractivity (Wildman–Crippen MR) is 74.4 cm³/mol. The molecular weight excluding hydrogens is 242 g/mol. The van der Waals surface area contributed by atoms with Crippen molar-refractivity contribution < 1.29 is 14.6 Å². The Balaban J connectivity index is 1.53. The van der Waals surface area contributed by atoms with E-state index in [4.69, 9.17) is 9.47 Å². The molecule has 1 aromatic rings. The number of nitrogens with one attached hydrogen (secondary N) is 1. The van der Waals surface area contributed by atoms with Gasteiger partial charge in [0.05, 0.1) is 18.8 Å². The van der Waals surface area contributed by atoms with Gasteiger partial charge >= 0.3 is 0 Å². The maximum atomic E-state index is 10.1. The van der Waals surface area contributed by atoms with Crippen molar-refractivity contribution in [2.75, 3.05) is 26.4 Å².